The summed E-state index contributed by atoms with van der Waals surface area (Å²) in [5, 5.41) is 0. The first kappa shape index (κ1) is 10.2. The van der Waals surface area contributed by atoms with Crippen molar-refractivity contribution in [2.24, 2.45) is 16.8 Å². The predicted molar refractivity (Wildman–Crippen MR) is 53.2 cm³/mol. The third-order valence-corrected chi connectivity index (χ3v) is 3.11. The molecule has 0 bridgehead atoms. The number of aliphatic imine (C=N–C) groups is 1. The van der Waals surface area contributed by atoms with Crippen molar-refractivity contribution in [3.05, 3.63) is 12.2 Å². The summed E-state index contributed by atoms with van der Waals surface area (Å²) in [6, 6.07) is 0.174. The van der Waals surface area contributed by atoms with E-state index in [1.807, 2.05) is 0 Å². The molecule has 0 amide bonds. The highest BCUT2D eigenvalue weighted by Gasteiger charge is 2.29. The molecule has 0 aromatic rings. The number of rotatable bonds is 2. The summed E-state index contributed by atoms with van der Waals surface area (Å²) in [4.78, 5) is 14.0. The molecule has 0 aliphatic heterocycles. The normalized spacial score (nSPS) is 33.5. The van der Waals surface area contributed by atoms with Crippen LogP contribution in [0.15, 0.2) is 17.1 Å². The molecule has 0 aromatic carbocycles. The smallest absolute Gasteiger partial charge is 0.211 e. The van der Waals surface area contributed by atoms with Crippen molar-refractivity contribution in [3.63, 3.8) is 0 Å². The lowest BCUT2D eigenvalue weighted by Gasteiger charge is -2.33. The number of carbonyl (C=O) groups excluding carboxylic acids is 1. The van der Waals surface area contributed by atoms with Gasteiger partial charge in [-0.3, -0.25) is 0 Å². The Morgan fingerprint density at radius 1 is 1.54 bits per heavy atom. The van der Waals surface area contributed by atoms with Gasteiger partial charge in [0.25, 0.3) is 0 Å². The first-order chi connectivity index (χ1) is 6.16. The van der Waals surface area contributed by atoms with Gasteiger partial charge in [0.2, 0.25) is 6.08 Å². The van der Waals surface area contributed by atoms with Crippen LogP contribution in [0.25, 0.3) is 0 Å². The van der Waals surface area contributed by atoms with Crippen LogP contribution in [0, 0.1) is 11.8 Å². The van der Waals surface area contributed by atoms with Crippen LogP contribution in [0.2, 0.25) is 0 Å². The molecule has 72 valence electrons. The molecule has 0 spiro atoms. The zero-order chi connectivity index (χ0) is 9.84. The molecule has 1 fully saturated rings. The second kappa shape index (κ2) is 4.38. The monoisotopic (exact) mass is 179 g/mol. The van der Waals surface area contributed by atoms with Gasteiger partial charge in [0.15, 0.2) is 0 Å². The maximum absolute atomic E-state index is 10.2. The third-order valence-electron chi connectivity index (χ3n) is 3.11. The minimum Gasteiger partial charge on any atom is -0.211 e. The van der Waals surface area contributed by atoms with E-state index >= 15 is 0 Å². The van der Waals surface area contributed by atoms with Gasteiger partial charge in [0.1, 0.15) is 0 Å². The lowest BCUT2D eigenvalue weighted by atomic mass is 9.74. The molecule has 0 radical (unpaired) electrons. The molecule has 2 heteroatoms. The summed E-state index contributed by atoms with van der Waals surface area (Å²) in [5.74, 6) is 0.989. The van der Waals surface area contributed by atoms with E-state index in [4.69, 9.17) is 0 Å². The minimum atomic E-state index is 0.174. The zero-order valence-corrected chi connectivity index (χ0v) is 8.42. The van der Waals surface area contributed by atoms with E-state index in [1.165, 1.54) is 12.0 Å². The topological polar surface area (TPSA) is 29.4 Å². The summed E-state index contributed by atoms with van der Waals surface area (Å²) in [6.45, 7) is 8.20. The maximum Gasteiger partial charge on any atom is 0.235 e. The van der Waals surface area contributed by atoms with Gasteiger partial charge >= 0.3 is 0 Å². The van der Waals surface area contributed by atoms with E-state index in [1.54, 1.807) is 6.08 Å². The van der Waals surface area contributed by atoms with Crippen molar-refractivity contribution < 1.29 is 4.79 Å². The highest BCUT2D eigenvalue weighted by molar-refractivity contribution is 5.33. The molecule has 1 saturated carbocycles. The van der Waals surface area contributed by atoms with Crippen molar-refractivity contribution in [1.82, 2.24) is 0 Å². The van der Waals surface area contributed by atoms with E-state index in [0.29, 0.717) is 11.8 Å². The zero-order valence-electron chi connectivity index (χ0n) is 8.42. The molecule has 13 heavy (non-hydrogen) atoms. The van der Waals surface area contributed by atoms with E-state index in [-0.39, 0.29) is 6.04 Å². The fourth-order valence-electron chi connectivity index (χ4n) is 2.29. The van der Waals surface area contributed by atoms with Gasteiger partial charge in [-0.1, -0.05) is 25.5 Å². The Morgan fingerprint density at radius 3 is 2.77 bits per heavy atom. The Balaban J connectivity index is 2.70. The molecule has 1 aliphatic carbocycles. The van der Waals surface area contributed by atoms with Gasteiger partial charge in [0.05, 0.1) is 6.04 Å². The van der Waals surface area contributed by atoms with Gasteiger partial charge in [-0.2, -0.15) is 0 Å². The maximum atomic E-state index is 10.2. The van der Waals surface area contributed by atoms with Crippen molar-refractivity contribution in [1.29, 1.82) is 0 Å². The fraction of sp³-hybridized carbons (Fsp3) is 0.727. The van der Waals surface area contributed by atoms with Crippen molar-refractivity contribution in [2.45, 2.75) is 39.2 Å². The van der Waals surface area contributed by atoms with Crippen molar-refractivity contribution >= 4 is 6.08 Å². The highest BCUT2D eigenvalue weighted by Crippen LogP contribution is 2.35. The summed E-state index contributed by atoms with van der Waals surface area (Å²) in [6.07, 6.45) is 5.05. The first-order valence-electron chi connectivity index (χ1n) is 4.89. The van der Waals surface area contributed by atoms with Gasteiger partial charge in [-0.05, 0) is 31.6 Å². The number of allylic oxidation sites excluding steroid dienone is 1. The molecule has 3 atom stereocenters. The van der Waals surface area contributed by atoms with E-state index in [9.17, 15) is 4.79 Å². The number of nitrogens with zero attached hydrogens (tertiary/aromatic N) is 1. The fourth-order valence-corrected chi connectivity index (χ4v) is 2.29. The van der Waals surface area contributed by atoms with E-state index in [0.717, 1.165) is 12.8 Å². The van der Waals surface area contributed by atoms with Gasteiger partial charge in [-0.15, -0.1) is 0 Å². The lowest BCUT2D eigenvalue weighted by Crippen LogP contribution is -2.29. The molecule has 1 aliphatic rings. The number of isocyanates is 1. The second-order valence-electron chi connectivity index (χ2n) is 4.03. The molecule has 2 nitrogen and oxygen atoms in total. The summed E-state index contributed by atoms with van der Waals surface area (Å²) >= 11 is 0. The van der Waals surface area contributed by atoms with Gasteiger partial charge in [0, 0.05) is 0 Å². The van der Waals surface area contributed by atoms with Gasteiger partial charge < -0.3 is 0 Å². The van der Waals surface area contributed by atoms with Crippen LogP contribution in [0.1, 0.15) is 33.1 Å². The molecule has 0 saturated heterocycles. The number of hydrogen-bond donors (Lipinski definition) is 0. The summed E-state index contributed by atoms with van der Waals surface area (Å²) < 4.78 is 0. The quantitative estimate of drug-likeness (QED) is 0.364. The SMILES string of the molecule is C=C(C)C1CCCC(N=C=O)C1C. The van der Waals surface area contributed by atoms with Crippen LogP contribution in [0.4, 0.5) is 0 Å². The van der Waals surface area contributed by atoms with Crippen molar-refractivity contribution in [2.75, 3.05) is 0 Å². The van der Waals surface area contributed by atoms with Crippen molar-refractivity contribution in [3.8, 4) is 0 Å². The Labute approximate surface area is 79.8 Å². The van der Waals surface area contributed by atoms with Crippen LogP contribution in [-0.2, 0) is 4.79 Å². The molecule has 1 rings (SSSR count). The molecule has 0 N–H and O–H groups in total. The summed E-state index contributed by atoms with van der Waals surface area (Å²) in [5.41, 5.74) is 1.22. The van der Waals surface area contributed by atoms with E-state index in [2.05, 4.69) is 25.4 Å². The molecular weight excluding hydrogens is 162 g/mol. The average molecular weight is 179 g/mol. The summed E-state index contributed by atoms with van der Waals surface area (Å²) in [7, 11) is 0. The van der Waals surface area contributed by atoms with Crippen LogP contribution < -0.4 is 0 Å². The Bertz CT molecular complexity index is 230. The minimum absolute atomic E-state index is 0.174. The molecule has 3 unspecified atom stereocenters. The largest absolute Gasteiger partial charge is 0.235 e. The Kier molecular flexibility index (Phi) is 3.44. The molecule has 0 heterocycles. The Hall–Kier alpha value is -0.880. The van der Waals surface area contributed by atoms with Crippen LogP contribution in [0.5, 0.6) is 0 Å². The first-order valence-corrected chi connectivity index (χ1v) is 4.89. The lowest BCUT2D eigenvalue weighted by molar-refractivity contribution is 0.255. The standard InChI is InChI=1S/C11H17NO/c1-8(2)10-5-4-6-11(9(10)3)12-7-13/h9-11H,1,4-6H2,2-3H3. The van der Waals surface area contributed by atoms with E-state index < -0.39 is 0 Å². The van der Waals surface area contributed by atoms with Gasteiger partial charge in [-0.25, -0.2) is 9.79 Å². The second-order valence-corrected chi connectivity index (χ2v) is 4.03. The molecular formula is C11H17NO. The number of hydrogen-bond acceptors (Lipinski definition) is 2. The van der Waals surface area contributed by atoms with Crippen LogP contribution >= 0.6 is 0 Å². The van der Waals surface area contributed by atoms with Crippen LogP contribution in [-0.4, -0.2) is 12.1 Å². The predicted octanol–water partition coefficient (Wildman–Crippen LogP) is 2.70. The third kappa shape index (κ3) is 2.28. The highest BCUT2D eigenvalue weighted by atomic mass is 16.1. The van der Waals surface area contributed by atoms with Crippen LogP contribution in [0.3, 0.4) is 0 Å². The average Bonchev–Trinajstić information content (AvgIpc) is 2.08. The Morgan fingerprint density at radius 2 is 2.23 bits per heavy atom. The molecule has 0 aromatic heterocycles.